The monoisotopic (exact) mass is 356 g/mol. The van der Waals surface area contributed by atoms with E-state index in [2.05, 4.69) is 47.9 Å². The number of hydrogen-bond acceptors (Lipinski definition) is 3. The van der Waals surface area contributed by atoms with E-state index in [1.807, 2.05) is 0 Å². The largest absolute Gasteiger partial charge is 0.387 e. The van der Waals surface area contributed by atoms with Crippen molar-refractivity contribution in [2.45, 2.75) is 32.4 Å². The first-order valence-electron chi connectivity index (χ1n) is 9.49. The van der Waals surface area contributed by atoms with Crippen molar-refractivity contribution in [2.24, 2.45) is 0 Å². The number of aliphatic hydroxyl groups is 1. The van der Waals surface area contributed by atoms with Gasteiger partial charge in [0.05, 0.1) is 6.10 Å². The summed E-state index contributed by atoms with van der Waals surface area (Å²) in [6, 6.07) is 15.4. The molecular formula is C22H29FN2O. The standard InChI is InChI=1S/C22H29FN2O/c1-17(2)19-9-7-18(8-10-19)15-24-11-13-25(14-12-24)16-22(26)20-5-3-4-6-21(20)23/h3-10,17,22,26H,11-16H2,1-2H3/t22-/m1/s1. The summed E-state index contributed by atoms with van der Waals surface area (Å²) >= 11 is 0. The molecule has 2 aromatic carbocycles. The SMILES string of the molecule is CC(C)c1ccc(CN2CCN(C[C@@H](O)c3ccccc3F)CC2)cc1. The summed E-state index contributed by atoms with van der Waals surface area (Å²) in [6.45, 7) is 9.60. The highest BCUT2D eigenvalue weighted by Gasteiger charge is 2.21. The van der Waals surface area contributed by atoms with Crippen LogP contribution >= 0.6 is 0 Å². The molecule has 1 atom stereocenters. The zero-order chi connectivity index (χ0) is 18.5. The molecule has 0 aliphatic carbocycles. The van der Waals surface area contributed by atoms with E-state index in [0.29, 0.717) is 18.0 Å². The van der Waals surface area contributed by atoms with Gasteiger partial charge in [0.25, 0.3) is 0 Å². The molecule has 3 rings (SSSR count). The normalized spacial score (nSPS) is 17.6. The van der Waals surface area contributed by atoms with Gasteiger partial charge in [-0.3, -0.25) is 9.80 Å². The number of nitrogens with zero attached hydrogens (tertiary/aromatic N) is 2. The van der Waals surface area contributed by atoms with Crippen LogP contribution in [0.1, 0.15) is 42.6 Å². The number of hydrogen-bond donors (Lipinski definition) is 1. The molecule has 1 aliphatic rings. The van der Waals surface area contributed by atoms with Gasteiger partial charge in [-0.15, -0.1) is 0 Å². The van der Waals surface area contributed by atoms with Gasteiger partial charge in [-0.2, -0.15) is 0 Å². The fraction of sp³-hybridized carbons (Fsp3) is 0.455. The van der Waals surface area contributed by atoms with Crippen LogP contribution in [0.25, 0.3) is 0 Å². The highest BCUT2D eigenvalue weighted by atomic mass is 19.1. The predicted octanol–water partition coefficient (Wildman–Crippen LogP) is 3.80. The van der Waals surface area contributed by atoms with Gasteiger partial charge in [-0.1, -0.05) is 56.3 Å². The van der Waals surface area contributed by atoms with Gasteiger partial charge in [0.1, 0.15) is 5.82 Å². The first-order valence-corrected chi connectivity index (χ1v) is 9.49. The Morgan fingerprint density at radius 1 is 0.923 bits per heavy atom. The van der Waals surface area contributed by atoms with Crippen LogP contribution in [0.2, 0.25) is 0 Å². The molecule has 3 nitrogen and oxygen atoms in total. The summed E-state index contributed by atoms with van der Waals surface area (Å²) in [6.07, 6.45) is -0.772. The lowest BCUT2D eigenvalue weighted by Crippen LogP contribution is -2.47. The van der Waals surface area contributed by atoms with Crippen molar-refractivity contribution in [3.8, 4) is 0 Å². The van der Waals surface area contributed by atoms with Crippen molar-refractivity contribution in [3.63, 3.8) is 0 Å². The lowest BCUT2D eigenvalue weighted by molar-refractivity contribution is 0.0685. The van der Waals surface area contributed by atoms with Gasteiger partial charge in [-0.25, -0.2) is 4.39 Å². The van der Waals surface area contributed by atoms with Gasteiger partial charge in [0.2, 0.25) is 0 Å². The number of benzene rings is 2. The third-order valence-electron chi connectivity index (χ3n) is 5.21. The molecule has 1 N–H and O–H groups in total. The Hall–Kier alpha value is -1.75. The number of halogens is 1. The second-order valence-corrected chi connectivity index (χ2v) is 7.51. The zero-order valence-corrected chi connectivity index (χ0v) is 15.7. The van der Waals surface area contributed by atoms with E-state index in [-0.39, 0.29) is 5.82 Å². The summed E-state index contributed by atoms with van der Waals surface area (Å²) in [7, 11) is 0. The Balaban J connectivity index is 1.47. The van der Waals surface area contributed by atoms with Crippen molar-refractivity contribution < 1.29 is 9.50 Å². The first kappa shape index (κ1) is 19.0. The molecule has 0 bridgehead atoms. The minimum atomic E-state index is -0.772. The van der Waals surface area contributed by atoms with Crippen LogP contribution in [-0.4, -0.2) is 47.6 Å². The van der Waals surface area contributed by atoms with Gasteiger partial charge >= 0.3 is 0 Å². The fourth-order valence-corrected chi connectivity index (χ4v) is 3.48. The smallest absolute Gasteiger partial charge is 0.129 e. The Labute approximate surface area is 156 Å². The van der Waals surface area contributed by atoms with E-state index in [9.17, 15) is 9.50 Å². The molecule has 2 aromatic rings. The van der Waals surface area contributed by atoms with Crippen molar-refractivity contribution in [2.75, 3.05) is 32.7 Å². The average Bonchev–Trinajstić information content (AvgIpc) is 2.64. The second-order valence-electron chi connectivity index (χ2n) is 7.51. The Bertz CT molecular complexity index is 694. The molecule has 140 valence electrons. The minimum Gasteiger partial charge on any atom is -0.387 e. The molecule has 0 unspecified atom stereocenters. The first-order chi connectivity index (χ1) is 12.5. The molecule has 1 saturated heterocycles. The minimum absolute atomic E-state index is 0.330. The van der Waals surface area contributed by atoms with Crippen LogP contribution in [0.15, 0.2) is 48.5 Å². The summed E-state index contributed by atoms with van der Waals surface area (Å²) in [4.78, 5) is 4.66. The number of aliphatic hydroxyl groups excluding tert-OH is 1. The highest BCUT2D eigenvalue weighted by Crippen LogP contribution is 2.19. The third-order valence-corrected chi connectivity index (χ3v) is 5.21. The summed E-state index contributed by atoms with van der Waals surface area (Å²) in [5, 5.41) is 10.3. The van der Waals surface area contributed by atoms with E-state index in [1.54, 1.807) is 18.2 Å². The fourth-order valence-electron chi connectivity index (χ4n) is 3.48. The molecule has 1 fully saturated rings. The van der Waals surface area contributed by atoms with Crippen LogP contribution in [0.4, 0.5) is 4.39 Å². The Morgan fingerprint density at radius 2 is 1.54 bits per heavy atom. The molecule has 26 heavy (non-hydrogen) atoms. The molecule has 1 aliphatic heterocycles. The summed E-state index contributed by atoms with van der Waals surface area (Å²) in [5.74, 6) is 0.233. The average molecular weight is 356 g/mol. The second kappa shape index (κ2) is 8.76. The maximum absolute atomic E-state index is 13.8. The lowest BCUT2D eigenvalue weighted by atomic mass is 10.0. The predicted molar refractivity (Wildman–Crippen MR) is 104 cm³/mol. The molecular weight excluding hydrogens is 327 g/mol. The molecule has 0 saturated carbocycles. The van der Waals surface area contributed by atoms with Crippen molar-refractivity contribution >= 4 is 0 Å². The number of piperazine rings is 1. The van der Waals surface area contributed by atoms with Gasteiger partial charge < -0.3 is 5.11 Å². The van der Waals surface area contributed by atoms with E-state index in [4.69, 9.17) is 0 Å². The highest BCUT2D eigenvalue weighted by molar-refractivity contribution is 5.24. The van der Waals surface area contributed by atoms with Gasteiger partial charge in [0, 0.05) is 44.8 Å². The van der Waals surface area contributed by atoms with E-state index >= 15 is 0 Å². The Kier molecular flexibility index (Phi) is 6.41. The maximum atomic E-state index is 13.8. The van der Waals surface area contributed by atoms with Crippen LogP contribution in [0.3, 0.4) is 0 Å². The van der Waals surface area contributed by atoms with Crippen LogP contribution < -0.4 is 0 Å². The van der Waals surface area contributed by atoms with E-state index in [0.717, 1.165) is 32.7 Å². The van der Waals surface area contributed by atoms with Gasteiger partial charge in [0.15, 0.2) is 0 Å². The quantitative estimate of drug-likeness (QED) is 0.853. The lowest BCUT2D eigenvalue weighted by Gasteiger charge is -2.35. The maximum Gasteiger partial charge on any atom is 0.129 e. The van der Waals surface area contributed by atoms with Gasteiger partial charge in [-0.05, 0) is 23.1 Å². The zero-order valence-electron chi connectivity index (χ0n) is 15.7. The molecule has 4 heteroatoms. The molecule has 0 radical (unpaired) electrons. The van der Waals surface area contributed by atoms with Crippen molar-refractivity contribution in [1.82, 2.24) is 9.80 Å². The summed E-state index contributed by atoms with van der Waals surface area (Å²) < 4.78 is 13.8. The van der Waals surface area contributed by atoms with Crippen LogP contribution in [-0.2, 0) is 6.54 Å². The van der Waals surface area contributed by atoms with Crippen LogP contribution in [0, 0.1) is 5.82 Å². The Morgan fingerprint density at radius 3 is 2.15 bits per heavy atom. The topological polar surface area (TPSA) is 26.7 Å². The summed E-state index contributed by atoms with van der Waals surface area (Å²) in [5.41, 5.74) is 3.11. The molecule has 0 amide bonds. The number of rotatable bonds is 6. The van der Waals surface area contributed by atoms with Crippen LogP contribution in [0.5, 0.6) is 0 Å². The number of β-amino-alcohol motifs (C(OH)–C–C–N with tert-alkyl or cyclic N) is 1. The van der Waals surface area contributed by atoms with E-state index < -0.39 is 6.10 Å². The van der Waals surface area contributed by atoms with E-state index in [1.165, 1.54) is 17.2 Å². The van der Waals surface area contributed by atoms with Crippen molar-refractivity contribution in [1.29, 1.82) is 0 Å². The molecule has 1 heterocycles. The molecule has 0 aromatic heterocycles. The molecule has 0 spiro atoms. The third kappa shape index (κ3) is 4.91. The van der Waals surface area contributed by atoms with Crippen molar-refractivity contribution in [3.05, 3.63) is 71.0 Å².